The number of pyridine rings is 1. The van der Waals surface area contributed by atoms with Gasteiger partial charge in [-0.25, -0.2) is 9.78 Å². The van der Waals surface area contributed by atoms with Crippen molar-refractivity contribution in [2.45, 2.75) is 13.8 Å². The minimum atomic E-state index is -0.488. The second-order valence-electron chi connectivity index (χ2n) is 6.22. The number of phenolic OH excluding ortho intramolecular Hbond substituents is 1. The highest BCUT2D eigenvalue weighted by atomic mass is 32.1. The van der Waals surface area contributed by atoms with E-state index in [0.717, 1.165) is 16.0 Å². The highest BCUT2D eigenvalue weighted by Crippen LogP contribution is 2.40. The molecule has 5 heteroatoms. The Morgan fingerprint density at radius 3 is 2.65 bits per heavy atom. The van der Waals surface area contributed by atoms with Gasteiger partial charge in [0, 0.05) is 4.70 Å². The van der Waals surface area contributed by atoms with Gasteiger partial charge < -0.3 is 9.84 Å². The molecular formula is C21H17NO3S. The number of phenols is 1. The molecule has 0 unspecified atom stereocenters. The summed E-state index contributed by atoms with van der Waals surface area (Å²) in [6, 6.07) is 13.3. The minimum absolute atomic E-state index is 0.0260. The van der Waals surface area contributed by atoms with Crippen LogP contribution in [-0.2, 0) is 4.74 Å². The van der Waals surface area contributed by atoms with Crippen LogP contribution >= 0.6 is 11.3 Å². The van der Waals surface area contributed by atoms with Crippen LogP contribution in [0.5, 0.6) is 5.75 Å². The van der Waals surface area contributed by atoms with E-state index < -0.39 is 5.97 Å². The normalized spacial score (nSPS) is 11.2. The van der Waals surface area contributed by atoms with Gasteiger partial charge in [-0.3, -0.25) is 0 Å². The number of methoxy groups -OCH3 is 1. The van der Waals surface area contributed by atoms with Crippen molar-refractivity contribution < 1.29 is 14.6 Å². The summed E-state index contributed by atoms with van der Waals surface area (Å²) in [5.74, 6) is -0.462. The van der Waals surface area contributed by atoms with Crippen molar-refractivity contribution in [1.29, 1.82) is 0 Å². The molecule has 2 heterocycles. The van der Waals surface area contributed by atoms with E-state index in [2.05, 4.69) is 19.1 Å². The summed E-state index contributed by atoms with van der Waals surface area (Å²) in [5.41, 5.74) is 3.67. The number of hydrogen-bond acceptors (Lipinski definition) is 5. The van der Waals surface area contributed by atoms with Crippen LogP contribution in [0.15, 0.2) is 42.5 Å². The summed E-state index contributed by atoms with van der Waals surface area (Å²) in [4.78, 5) is 18.2. The third-order valence-electron chi connectivity index (χ3n) is 4.62. The Morgan fingerprint density at radius 1 is 1.15 bits per heavy atom. The number of aromatic hydroxyl groups is 1. The lowest BCUT2D eigenvalue weighted by Crippen LogP contribution is -2.04. The van der Waals surface area contributed by atoms with E-state index >= 15 is 0 Å². The average Bonchev–Trinajstić information content (AvgIpc) is 3.00. The van der Waals surface area contributed by atoms with Gasteiger partial charge in [-0.2, -0.15) is 0 Å². The fraction of sp³-hybridized carbons (Fsp3) is 0.143. The maximum absolute atomic E-state index is 12.4. The summed E-state index contributed by atoms with van der Waals surface area (Å²) < 4.78 is 6.12. The molecule has 0 saturated heterocycles. The molecule has 4 rings (SSSR count). The third kappa shape index (κ3) is 2.44. The molecule has 130 valence electrons. The molecule has 26 heavy (non-hydrogen) atoms. The molecule has 0 atom stereocenters. The Bertz CT molecular complexity index is 1180. The zero-order valence-corrected chi connectivity index (χ0v) is 15.5. The van der Waals surface area contributed by atoms with Gasteiger partial charge in [0.25, 0.3) is 0 Å². The van der Waals surface area contributed by atoms with Crippen LogP contribution < -0.4 is 0 Å². The van der Waals surface area contributed by atoms with E-state index in [9.17, 15) is 9.90 Å². The molecule has 0 spiro atoms. The average molecular weight is 363 g/mol. The molecule has 0 saturated carbocycles. The molecule has 0 fully saturated rings. The van der Waals surface area contributed by atoms with Gasteiger partial charge >= 0.3 is 5.97 Å². The van der Waals surface area contributed by atoms with Crippen molar-refractivity contribution in [3.8, 4) is 16.3 Å². The number of esters is 1. The molecule has 0 bridgehead atoms. The number of aromatic nitrogens is 1. The fourth-order valence-electron chi connectivity index (χ4n) is 3.26. The first-order valence-electron chi connectivity index (χ1n) is 8.21. The maximum Gasteiger partial charge on any atom is 0.338 e. The second-order valence-corrected chi connectivity index (χ2v) is 7.28. The van der Waals surface area contributed by atoms with Crippen molar-refractivity contribution >= 4 is 38.3 Å². The molecule has 0 aliphatic carbocycles. The second kappa shape index (κ2) is 6.11. The lowest BCUT2D eigenvalue weighted by molar-refractivity contribution is 0.0602. The number of ether oxygens (including phenoxy) is 1. The Kier molecular flexibility index (Phi) is 3.89. The van der Waals surface area contributed by atoms with E-state index in [1.807, 2.05) is 19.1 Å². The van der Waals surface area contributed by atoms with Crippen LogP contribution in [0.2, 0.25) is 0 Å². The number of benzene rings is 2. The smallest absolute Gasteiger partial charge is 0.338 e. The van der Waals surface area contributed by atoms with Crippen LogP contribution in [0, 0.1) is 13.8 Å². The molecule has 2 aromatic heterocycles. The van der Waals surface area contributed by atoms with Crippen molar-refractivity contribution in [3.05, 3.63) is 59.2 Å². The number of hydrogen-bond donors (Lipinski definition) is 1. The molecular weight excluding hydrogens is 346 g/mol. The van der Waals surface area contributed by atoms with Crippen molar-refractivity contribution in [3.63, 3.8) is 0 Å². The van der Waals surface area contributed by atoms with Crippen LogP contribution in [0.25, 0.3) is 31.6 Å². The molecule has 1 N–H and O–H groups in total. The number of nitrogens with zero attached hydrogens (tertiary/aromatic N) is 1. The molecule has 0 aliphatic heterocycles. The summed E-state index contributed by atoms with van der Waals surface area (Å²) in [5, 5.41) is 11.9. The quantitative estimate of drug-likeness (QED) is 0.496. The zero-order chi connectivity index (χ0) is 18.4. The van der Waals surface area contributed by atoms with Gasteiger partial charge in [0.1, 0.15) is 5.75 Å². The lowest BCUT2D eigenvalue weighted by Gasteiger charge is -2.11. The Hall–Kier alpha value is -2.92. The first-order chi connectivity index (χ1) is 12.5. The largest absolute Gasteiger partial charge is 0.507 e. The van der Waals surface area contributed by atoms with E-state index in [1.165, 1.54) is 17.2 Å². The number of carbonyl (C=O) groups is 1. The monoisotopic (exact) mass is 363 g/mol. The van der Waals surface area contributed by atoms with Crippen molar-refractivity contribution in [2.24, 2.45) is 0 Å². The standard InChI is InChI=1S/C21H17NO3S/c1-11-8-9-16(23)18-14(21(24)25-3)10-15(22-19(11)18)20-12(2)13-6-4-5-7-17(13)26-20/h4-10,23H,1-3H3. The number of fused-ring (bicyclic) bond motifs is 2. The van der Waals surface area contributed by atoms with Crippen LogP contribution in [0.3, 0.4) is 0 Å². The summed E-state index contributed by atoms with van der Waals surface area (Å²) >= 11 is 1.65. The fourth-order valence-corrected chi connectivity index (χ4v) is 4.43. The van der Waals surface area contributed by atoms with Crippen molar-refractivity contribution in [1.82, 2.24) is 4.98 Å². The number of rotatable bonds is 2. The Balaban J connectivity index is 2.09. The van der Waals surface area contributed by atoms with Gasteiger partial charge in [-0.15, -0.1) is 11.3 Å². The zero-order valence-electron chi connectivity index (χ0n) is 14.7. The summed E-state index contributed by atoms with van der Waals surface area (Å²) in [6.07, 6.45) is 0. The Morgan fingerprint density at radius 2 is 1.92 bits per heavy atom. The van der Waals surface area contributed by atoms with E-state index in [0.29, 0.717) is 22.2 Å². The van der Waals surface area contributed by atoms with Gasteiger partial charge in [-0.05, 0) is 48.6 Å². The van der Waals surface area contributed by atoms with E-state index in [-0.39, 0.29) is 5.75 Å². The predicted octanol–water partition coefficient (Wildman–Crippen LogP) is 5.23. The summed E-state index contributed by atoms with van der Waals surface area (Å²) in [6.45, 7) is 3.98. The molecule has 0 amide bonds. The lowest BCUT2D eigenvalue weighted by atomic mass is 10.0. The molecule has 0 aliphatic rings. The minimum Gasteiger partial charge on any atom is -0.507 e. The van der Waals surface area contributed by atoms with E-state index in [4.69, 9.17) is 9.72 Å². The maximum atomic E-state index is 12.4. The van der Waals surface area contributed by atoms with Gasteiger partial charge in [-0.1, -0.05) is 24.3 Å². The van der Waals surface area contributed by atoms with Gasteiger partial charge in [0.15, 0.2) is 0 Å². The van der Waals surface area contributed by atoms with E-state index in [1.54, 1.807) is 29.5 Å². The number of carbonyl (C=O) groups excluding carboxylic acids is 1. The topological polar surface area (TPSA) is 59.4 Å². The van der Waals surface area contributed by atoms with Crippen LogP contribution in [0.4, 0.5) is 0 Å². The highest BCUT2D eigenvalue weighted by molar-refractivity contribution is 7.22. The molecule has 2 aromatic carbocycles. The predicted molar refractivity (Wildman–Crippen MR) is 105 cm³/mol. The number of aryl methyl sites for hydroxylation is 2. The van der Waals surface area contributed by atoms with Gasteiger partial charge in [0.2, 0.25) is 0 Å². The van der Waals surface area contributed by atoms with Crippen molar-refractivity contribution in [2.75, 3.05) is 7.11 Å². The van der Waals surface area contributed by atoms with Crippen LogP contribution in [-0.4, -0.2) is 23.2 Å². The number of thiophene rings is 1. The first kappa shape index (κ1) is 16.5. The molecule has 4 aromatic rings. The SMILES string of the molecule is COC(=O)c1cc(-c2sc3ccccc3c2C)nc2c(C)ccc(O)c12. The molecule has 0 radical (unpaired) electrons. The van der Waals surface area contributed by atoms with Crippen LogP contribution in [0.1, 0.15) is 21.5 Å². The van der Waals surface area contributed by atoms with Gasteiger partial charge in [0.05, 0.1) is 34.1 Å². The first-order valence-corrected chi connectivity index (χ1v) is 9.03. The highest BCUT2D eigenvalue weighted by Gasteiger charge is 2.20. The molecule has 4 nitrogen and oxygen atoms in total. The third-order valence-corrected chi connectivity index (χ3v) is 5.92. The Labute approximate surface area is 154 Å². The summed E-state index contributed by atoms with van der Waals surface area (Å²) in [7, 11) is 1.34.